The summed E-state index contributed by atoms with van der Waals surface area (Å²) in [5.74, 6) is 0.478. The molecule has 0 aliphatic carbocycles. The Hall–Kier alpha value is -2.49. The lowest BCUT2D eigenvalue weighted by Gasteiger charge is -2.08. The molecule has 1 aromatic heterocycles. The number of aromatic nitrogens is 2. The predicted molar refractivity (Wildman–Crippen MR) is 96.6 cm³/mol. The molecule has 0 spiro atoms. The second kappa shape index (κ2) is 8.22. The molecule has 124 valence electrons. The van der Waals surface area contributed by atoms with Crippen LogP contribution in [0.2, 0.25) is 0 Å². The zero-order valence-corrected chi connectivity index (χ0v) is 14.8. The van der Waals surface area contributed by atoms with Crippen LogP contribution in [0.4, 0.5) is 0 Å². The summed E-state index contributed by atoms with van der Waals surface area (Å²) in [5.41, 5.74) is 3.66. The van der Waals surface area contributed by atoms with E-state index in [0.29, 0.717) is 0 Å². The molecule has 2 N–H and O–H groups in total. The lowest BCUT2D eigenvalue weighted by molar-refractivity contribution is 0.474. The smallest absolute Gasteiger partial charge is 0.116 e. The van der Waals surface area contributed by atoms with Crippen LogP contribution in [-0.2, 0) is 0 Å². The molecule has 0 saturated carbocycles. The Kier molecular flexibility index (Phi) is 6.64. The molecule has 3 aromatic rings. The van der Waals surface area contributed by atoms with E-state index in [0.717, 1.165) is 27.8 Å². The van der Waals surface area contributed by atoms with Crippen molar-refractivity contribution >= 4 is 10.9 Å². The van der Waals surface area contributed by atoms with Crippen molar-refractivity contribution in [2.45, 2.75) is 41.5 Å². The van der Waals surface area contributed by atoms with Crippen LogP contribution in [-0.4, -0.2) is 20.0 Å². The largest absolute Gasteiger partial charge is 0.508 e. The van der Waals surface area contributed by atoms with E-state index in [9.17, 15) is 10.2 Å². The summed E-state index contributed by atoms with van der Waals surface area (Å²) in [5, 5.41) is 24.5. The number of hydrogen-bond acceptors (Lipinski definition) is 3. The highest BCUT2D eigenvalue weighted by molar-refractivity contribution is 5.83. The highest BCUT2D eigenvalue weighted by Crippen LogP contribution is 2.27. The number of hydrogen-bond donors (Lipinski definition) is 2. The Balaban J connectivity index is 0.000000615. The monoisotopic (exact) mass is 314 g/mol. The van der Waals surface area contributed by atoms with Crippen LogP contribution in [0.5, 0.6) is 11.5 Å². The van der Waals surface area contributed by atoms with Gasteiger partial charge in [0.1, 0.15) is 11.5 Å². The first-order chi connectivity index (χ1) is 11.1. The van der Waals surface area contributed by atoms with Crippen molar-refractivity contribution in [3.63, 3.8) is 0 Å². The number of aryl methyl sites for hydroxylation is 2. The van der Waals surface area contributed by atoms with Crippen LogP contribution in [0.3, 0.4) is 0 Å². The zero-order chi connectivity index (χ0) is 17.6. The zero-order valence-electron chi connectivity index (χ0n) is 14.8. The van der Waals surface area contributed by atoms with Gasteiger partial charge in [0.25, 0.3) is 0 Å². The molecule has 2 aromatic carbocycles. The number of fused-ring (bicyclic) bond motifs is 1. The maximum absolute atomic E-state index is 9.56. The quantitative estimate of drug-likeness (QED) is 0.656. The molecule has 0 bridgehead atoms. The van der Waals surface area contributed by atoms with Crippen molar-refractivity contribution in [3.05, 3.63) is 47.7 Å². The van der Waals surface area contributed by atoms with Crippen LogP contribution < -0.4 is 0 Å². The number of rotatable bonds is 1. The van der Waals surface area contributed by atoms with E-state index in [4.69, 9.17) is 0 Å². The fourth-order valence-electron chi connectivity index (χ4n) is 2.31. The van der Waals surface area contributed by atoms with Gasteiger partial charge in [-0.05, 0) is 55.8 Å². The van der Waals surface area contributed by atoms with Crippen molar-refractivity contribution in [2.75, 3.05) is 0 Å². The Morgan fingerprint density at radius 3 is 2.00 bits per heavy atom. The third-order valence-corrected chi connectivity index (χ3v) is 3.30. The number of nitrogens with zero attached hydrogens (tertiary/aromatic N) is 2. The number of aromatic hydroxyl groups is 2. The highest BCUT2D eigenvalue weighted by atomic mass is 16.3. The van der Waals surface area contributed by atoms with Gasteiger partial charge in [-0.15, -0.1) is 0 Å². The summed E-state index contributed by atoms with van der Waals surface area (Å²) in [6.45, 7) is 11.9. The predicted octanol–water partition coefficient (Wildman–Crippen LogP) is 5.11. The first-order valence-corrected chi connectivity index (χ1v) is 8.04. The molecule has 0 fully saturated rings. The van der Waals surface area contributed by atoms with Crippen LogP contribution in [0.15, 0.2) is 36.4 Å². The van der Waals surface area contributed by atoms with Gasteiger partial charge < -0.3 is 10.2 Å². The maximum Gasteiger partial charge on any atom is 0.116 e. The Labute approximate surface area is 138 Å². The Morgan fingerprint density at radius 2 is 1.39 bits per heavy atom. The fraction of sp³-hybridized carbons (Fsp3) is 0.316. The highest BCUT2D eigenvalue weighted by Gasteiger charge is 2.11. The fourth-order valence-corrected chi connectivity index (χ4v) is 2.31. The molecule has 23 heavy (non-hydrogen) atoms. The van der Waals surface area contributed by atoms with Crippen molar-refractivity contribution in [1.82, 2.24) is 9.78 Å². The van der Waals surface area contributed by atoms with Gasteiger partial charge in [-0.3, -0.25) is 0 Å². The summed E-state index contributed by atoms with van der Waals surface area (Å²) in [6, 6.07) is 10.3. The standard InChI is InChI=1S/C15H14N2O2.2C2H6/c1-9-7-11(18)4-6-15(9)17-10(2)13-8-12(19)3-5-14(13)16-17;2*1-2/h3-8,18-19H,1-2H3;2*1-2H3. The third kappa shape index (κ3) is 3.83. The molecule has 0 atom stereocenters. The molecular formula is C19H26N2O2. The van der Waals surface area contributed by atoms with E-state index in [1.807, 2.05) is 52.3 Å². The Morgan fingerprint density at radius 1 is 0.826 bits per heavy atom. The topological polar surface area (TPSA) is 58.3 Å². The molecule has 0 radical (unpaired) electrons. The van der Waals surface area contributed by atoms with Crippen LogP contribution in [0.1, 0.15) is 39.0 Å². The normalized spacial score (nSPS) is 9.65. The lowest BCUT2D eigenvalue weighted by Crippen LogP contribution is -2.00. The maximum atomic E-state index is 9.56. The summed E-state index contributed by atoms with van der Waals surface area (Å²) >= 11 is 0. The summed E-state index contributed by atoms with van der Waals surface area (Å²) in [6.07, 6.45) is 0. The van der Waals surface area contributed by atoms with E-state index in [2.05, 4.69) is 5.10 Å². The number of benzene rings is 2. The van der Waals surface area contributed by atoms with Gasteiger partial charge >= 0.3 is 0 Å². The van der Waals surface area contributed by atoms with Crippen LogP contribution in [0.25, 0.3) is 16.6 Å². The molecule has 3 rings (SSSR count). The van der Waals surface area contributed by atoms with Gasteiger partial charge in [0.05, 0.1) is 11.2 Å². The SMILES string of the molecule is CC.CC.Cc1cc(O)ccc1-n1nc2ccc(O)cc2c1C. The number of phenolic OH excluding ortho intramolecular Hbond substituents is 2. The van der Waals surface area contributed by atoms with Gasteiger partial charge in [0.2, 0.25) is 0 Å². The minimum atomic E-state index is 0.234. The van der Waals surface area contributed by atoms with Gasteiger partial charge in [0.15, 0.2) is 0 Å². The molecule has 0 aliphatic heterocycles. The molecular weight excluding hydrogens is 288 g/mol. The van der Waals surface area contributed by atoms with Crippen LogP contribution >= 0.6 is 0 Å². The van der Waals surface area contributed by atoms with Crippen molar-refractivity contribution in [2.24, 2.45) is 0 Å². The van der Waals surface area contributed by atoms with Crippen molar-refractivity contribution in [1.29, 1.82) is 0 Å². The summed E-state index contributed by atoms with van der Waals surface area (Å²) < 4.78 is 1.83. The molecule has 1 heterocycles. The van der Waals surface area contributed by atoms with Crippen molar-refractivity contribution < 1.29 is 10.2 Å². The molecule has 0 saturated heterocycles. The lowest BCUT2D eigenvalue weighted by atomic mass is 10.1. The van der Waals surface area contributed by atoms with Gasteiger partial charge in [0, 0.05) is 11.1 Å². The molecule has 0 aliphatic rings. The van der Waals surface area contributed by atoms with E-state index in [-0.39, 0.29) is 11.5 Å². The minimum Gasteiger partial charge on any atom is -0.508 e. The molecule has 0 unspecified atom stereocenters. The second-order valence-corrected chi connectivity index (χ2v) is 4.67. The summed E-state index contributed by atoms with van der Waals surface area (Å²) in [7, 11) is 0. The van der Waals surface area contributed by atoms with Crippen molar-refractivity contribution in [3.8, 4) is 17.2 Å². The molecule has 0 amide bonds. The van der Waals surface area contributed by atoms with Gasteiger partial charge in [-0.2, -0.15) is 5.10 Å². The van der Waals surface area contributed by atoms with Crippen LogP contribution in [0, 0.1) is 13.8 Å². The first kappa shape index (κ1) is 18.6. The van der Waals surface area contributed by atoms with Gasteiger partial charge in [-0.1, -0.05) is 27.7 Å². The van der Waals surface area contributed by atoms with E-state index in [1.165, 1.54) is 0 Å². The molecule has 4 heteroatoms. The number of phenols is 2. The Bertz CT molecular complexity index is 776. The first-order valence-electron chi connectivity index (χ1n) is 8.04. The molecule has 4 nitrogen and oxygen atoms in total. The van der Waals surface area contributed by atoms with Gasteiger partial charge in [-0.25, -0.2) is 4.68 Å². The average molecular weight is 314 g/mol. The minimum absolute atomic E-state index is 0.234. The summed E-state index contributed by atoms with van der Waals surface area (Å²) in [4.78, 5) is 0. The average Bonchev–Trinajstić information content (AvgIpc) is 2.88. The third-order valence-electron chi connectivity index (χ3n) is 3.30. The van der Waals surface area contributed by atoms with E-state index >= 15 is 0 Å². The van der Waals surface area contributed by atoms with E-state index < -0.39 is 0 Å². The van der Waals surface area contributed by atoms with E-state index in [1.54, 1.807) is 30.3 Å². The second-order valence-electron chi connectivity index (χ2n) is 4.67.